The zero-order chi connectivity index (χ0) is 12.4. The number of nitrogens with two attached hydrogens (primary N) is 1. The number of hydrogen-bond acceptors (Lipinski definition) is 5. The van der Waals surface area contributed by atoms with Crippen LogP contribution in [0.25, 0.3) is 5.52 Å². The third kappa shape index (κ3) is 2.41. The van der Waals surface area contributed by atoms with Gasteiger partial charge in [0.1, 0.15) is 16.4 Å². The number of anilines is 1. The first-order valence-corrected chi connectivity index (χ1v) is 8.41. The minimum atomic E-state index is -0.307. The van der Waals surface area contributed by atoms with Crippen LogP contribution in [-0.2, 0) is 0 Å². The molecule has 0 aliphatic carbocycles. The van der Waals surface area contributed by atoms with Crippen LogP contribution in [0.2, 0.25) is 0 Å². The van der Waals surface area contributed by atoms with Crippen molar-refractivity contribution in [3.8, 4) is 11.2 Å². The zero-order valence-electron chi connectivity index (χ0n) is 8.15. The van der Waals surface area contributed by atoms with Gasteiger partial charge in [-0.3, -0.25) is 4.79 Å². The van der Waals surface area contributed by atoms with E-state index in [1.165, 1.54) is 19.8 Å². The molecule has 2 heterocycles. The predicted molar refractivity (Wildman–Crippen MR) is 78.8 cm³/mol. The van der Waals surface area contributed by atoms with Crippen molar-refractivity contribution in [1.29, 1.82) is 0 Å². The topological polar surface area (TPSA) is 73.3 Å². The number of nitrogens with zero attached hydrogens (tertiary/aromatic N) is 3. The highest BCUT2D eigenvalue weighted by Crippen LogP contribution is 2.23. The Balaban J connectivity index is 2.66. The molecule has 0 bridgehead atoms. The Kier molecular flexibility index (Phi) is 3.90. The van der Waals surface area contributed by atoms with Crippen LogP contribution in [0.5, 0.6) is 0 Å². The Morgan fingerprint density at radius 1 is 1.65 bits per heavy atom. The lowest BCUT2D eigenvalue weighted by atomic mass is 10.2. The molecule has 5 nitrogen and oxygen atoms in total. The van der Waals surface area contributed by atoms with Crippen molar-refractivity contribution in [2.45, 2.75) is 0 Å². The molecule has 86 valence electrons. The maximum absolute atomic E-state index is 11.8. The van der Waals surface area contributed by atoms with E-state index in [9.17, 15) is 4.79 Å². The van der Waals surface area contributed by atoms with Crippen LogP contribution in [0.1, 0.15) is 10.4 Å². The van der Waals surface area contributed by atoms with Crippen molar-refractivity contribution < 1.29 is 4.79 Å². The maximum Gasteiger partial charge on any atom is 0.239 e. The molecule has 2 aromatic heterocycles. The van der Waals surface area contributed by atoms with E-state index in [0.29, 0.717) is 15.7 Å². The molecule has 0 amide bonds. The average molecular weight is 423 g/mol. The van der Waals surface area contributed by atoms with Crippen LogP contribution in [0.15, 0.2) is 17.0 Å². The zero-order valence-corrected chi connectivity index (χ0v) is 12.7. The summed E-state index contributed by atoms with van der Waals surface area (Å²) in [5.74, 6) is 2.44. The molecule has 2 rings (SSSR count). The lowest BCUT2D eigenvalue weighted by molar-refractivity contribution is 0.105. The molecule has 0 unspecified atom stereocenters. The summed E-state index contributed by atoms with van der Waals surface area (Å²) in [5, 5.41) is 6.63. The van der Waals surface area contributed by atoms with E-state index >= 15 is 0 Å². The van der Waals surface area contributed by atoms with Crippen LogP contribution in [0, 0.1) is 11.2 Å². The van der Waals surface area contributed by atoms with Gasteiger partial charge in [0.05, 0.1) is 5.56 Å². The molecule has 2 N–H and O–H groups in total. The Labute approximate surface area is 121 Å². The van der Waals surface area contributed by atoms with Gasteiger partial charge < -0.3 is 5.73 Å². The van der Waals surface area contributed by atoms with Gasteiger partial charge in [-0.05, 0) is 42.1 Å². The summed E-state index contributed by atoms with van der Waals surface area (Å²) < 4.78 is 2.14. The van der Waals surface area contributed by atoms with E-state index in [2.05, 4.69) is 37.2 Å². The second-order valence-corrected chi connectivity index (χ2v) is 5.41. The standard InChI is InChI=1S/C9H4BrIN4OS/c10-7-3-5(6(16)1-2-17-11)8-9(12)13-4-14-15(7)8/h3-4H,(H2,12,13,14). The number of fused-ring (bicyclic) bond motifs is 1. The summed E-state index contributed by atoms with van der Waals surface area (Å²) in [6, 6.07) is 1.63. The van der Waals surface area contributed by atoms with Crippen molar-refractivity contribution in [2.75, 3.05) is 5.73 Å². The molecule has 0 aliphatic rings. The third-order valence-electron chi connectivity index (χ3n) is 1.99. The van der Waals surface area contributed by atoms with Gasteiger partial charge in [0.15, 0.2) is 5.82 Å². The normalized spacial score (nSPS) is 10.0. The number of rotatable bonds is 1. The van der Waals surface area contributed by atoms with Crippen LogP contribution >= 0.6 is 46.1 Å². The van der Waals surface area contributed by atoms with Crippen molar-refractivity contribution in [3.63, 3.8) is 0 Å². The monoisotopic (exact) mass is 422 g/mol. The Bertz CT molecular complexity index is 660. The van der Waals surface area contributed by atoms with Gasteiger partial charge in [-0.1, -0.05) is 0 Å². The highest BCUT2D eigenvalue weighted by atomic mass is 127. The summed E-state index contributed by atoms with van der Waals surface area (Å²) in [5.41, 5.74) is 6.60. The number of aromatic nitrogens is 3. The SMILES string of the molecule is Nc1ncnn2c(Br)cc(C(=O)C#CSI)c12. The molecule has 0 radical (unpaired) electrons. The van der Waals surface area contributed by atoms with E-state index in [1.54, 1.807) is 6.07 Å². The molecule has 0 fully saturated rings. The van der Waals surface area contributed by atoms with Crippen molar-refractivity contribution in [3.05, 3.63) is 22.6 Å². The minimum Gasteiger partial charge on any atom is -0.382 e. The van der Waals surface area contributed by atoms with Gasteiger partial charge in [-0.25, -0.2) is 9.50 Å². The summed E-state index contributed by atoms with van der Waals surface area (Å²) in [4.78, 5) is 15.7. The number of halogens is 2. The van der Waals surface area contributed by atoms with Crippen molar-refractivity contribution in [1.82, 2.24) is 14.6 Å². The van der Waals surface area contributed by atoms with Gasteiger partial charge in [0.2, 0.25) is 5.78 Å². The van der Waals surface area contributed by atoms with Crippen molar-refractivity contribution >= 4 is 63.2 Å². The van der Waals surface area contributed by atoms with Crippen LogP contribution < -0.4 is 5.73 Å². The largest absolute Gasteiger partial charge is 0.382 e. The number of carbonyl (C=O) groups is 1. The first-order valence-electron chi connectivity index (χ1n) is 4.25. The van der Waals surface area contributed by atoms with Crippen molar-refractivity contribution in [2.24, 2.45) is 0 Å². The summed E-state index contributed by atoms with van der Waals surface area (Å²) in [6.07, 6.45) is 1.33. The molecule has 17 heavy (non-hydrogen) atoms. The number of Topliss-reactive ketones (excluding diaryl/α,β-unsaturated/α-hetero) is 1. The molecule has 0 aliphatic heterocycles. The van der Waals surface area contributed by atoms with Gasteiger partial charge >= 0.3 is 0 Å². The van der Waals surface area contributed by atoms with Crippen LogP contribution in [-0.4, -0.2) is 20.4 Å². The molecule has 0 spiro atoms. The highest BCUT2D eigenvalue weighted by Gasteiger charge is 2.16. The predicted octanol–water partition coefficient (Wildman–Crippen LogP) is 2.30. The van der Waals surface area contributed by atoms with E-state index in [0.717, 1.165) is 0 Å². The first-order chi connectivity index (χ1) is 8.15. The first kappa shape index (κ1) is 12.7. The smallest absolute Gasteiger partial charge is 0.239 e. The second kappa shape index (κ2) is 5.24. The number of nitrogen functional groups attached to an aromatic ring is 1. The van der Waals surface area contributed by atoms with Gasteiger partial charge in [-0.2, -0.15) is 5.10 Å². The van der Waals surface area contributed by atoms with E-state index in [-0.39, 0.29) is 11.6 Å². The fourth-order valence-corrected chi connectivity index (χ4v) is 2.30. The van der Waals surface area contributed by atoms with E-state index in [1.807, 2.05) is 21.2 Å². The van der Waals surface area contributed by atoms with E-state index < -0.39 is 0 Å². The maximum atomic E-state index is 11.8. The Morgan fingerprint density at radius 3 is 3.12 bits per heavy atom. The summed E-state index contributed by atoms with van der Waals surface area (Å²) in [7, 11) is 1.25. The second-order valence-electron chi connectivity index (χ2n) is 2.92. The molecule has 8 heteroatoms. The minimum absolute atomic E-state index is 0.248. The van der Waals surface area contributed by atoms with Gasteiger partial charge in [0, 0.05) is 21.2 Å². The number of ketones is 1. The molecule has 0 saturated heterocycles. The van der Waals surface area contributed by atoms with Gasteiger partial charge in [0.25, 0.3) is 0 Å². The Morgan fingerprint density at radius 2 is 2.41 bits per heavy atom. The quantitative estimate of drug-likeness (QED) is 0.433. The Hall–Kier alpha value is -0.790. The molecular weight excluding hydrogens is 419 g/mol. The fourth-order valence-electron chi connectivity index (χ4n) is 1.34. The average Bonchev–Trinajstić information content (AvgIpc) is 2.66. The molecule has 0 aromatic carbocycles. The van der Waals surface area contributed by atoms with Crippen LogP contribution in [0.3, 0.4) is 0 Å². The van der Waals surface area contributed by atoms with Gasteiger partial charge in [-0.15, -0.1) is 0 Å². The number of carbonyl (C=O) groups excluding carboxylic acids is 1. The highest BCUT2D eigenvalue weighted by molar-refractivity contribution is 14.2. The number of hydrogen-bond donors (Lipinski definition) is 1. The van der Waals surface area contributed by atoms with E-state index in [4.69, 9.17) is 5.73 Å². The molecule has 0 atom stereocenters. The summed E-state index contributed by atoms with van der Waals surface area (Å²) >= 11 is 5.30. The molecular formula is C9H4BrIN4OS. The van der Waals surface area contributed by atoms with Crippen LogP contribution in [0.4, 0.5) is 5.82 Å². The molecule has 0 saturated carbocycles. The molecule has 2 aromatic rings. The lowest BCUT2D eigenvalue weighted by Crippen LogP contribution is -2.02. The lowest BCUT2D eigenvalue weighted by Gasteiger charge is -1.98. The fraction of sp³-hybridized carbons (Fsp3) is 0. The summed E-state index contributed by atoms with van der Waals surface area (Å²) in [6.45, 7) is 0. The third-order valence-corrected chi connectivity index (χ3v) is 3.39.